The fourth-order valence-electron chi connectivity index (χ4n) is 5.14. The second-order valence-corrected chi connectivity index (χ2v) is 11.5. The normalized spacial score (nSPS) is 18.8. The van der Waals surface area contributed by atoms with Crippen LogP contribution in [-0.4, -0.2) is 43.8 Å². The molecule has 2 rings (SSSR count). The van der Waals surface area contributed by atoms with Crippen molar-refractivity contribution in [1.82, 2.24) is 0 Å². The molecule has 1 aliphatic rings. The minimum Gasteiger partial charge on any atom is -0.489 e. The van der Waals surface area contributed by atoms with Gasteiger partial charge in [0.05, 0.1) is 18.3 Å². The zero-order valence-electron chi connectivity index (χ0n) is 26.4. The number of benzene rings is 1. The predicted octanol–water partition coefficient (Wildman–Crippen LogP) is 7.73. The number of hydrogen-bond donors (Lipinski definition) is 0. The third-order valence-corrected chi connectivity index (χ3v) is 7.43. The van der Waals surface area contributed by atoms with Gasteiger partial charge in [0.1, 0.15) is 18.6 Å². The molecule has 0 N–H and O–H groups in total. The summed E-state index contributed by atoms with van der Waals surface area (Å²) in [4.78, 5) is 36.2. The number of carbonyl (C=O) groups excluding carboxylic acids is 3. The van der Waals surface area contributed by atoms with Gasteiger partial charge in [-0.3, -0.25) is 4.79 Å². The van der Waals surface area contributed by atoms with E-state index >= 15 is 0 Å². The van der Waals surface area contributed by atoms with E-state index in [0.29, 0.717) is 44.9 Å². The first-order valence-electron chi connectivity index (χ1n) is 15.4. The molecular formula is C36H43F3O7. The van der Waals surface area contributed by atoms with Crippen LogP contribution in [-0.2, 0) is 30.0 Å². The number of unbranched alkanes of at least 4 members (excludes halogenated alkanes) is 1. The Morgan fingerprint density at radius 2 is 1.80 bits per heavy atom. The molecule has 1 aromatic carbocycles. The van der Waals surface area contributed by atoms with E-state index in [1.165, 1.54) is 12.1 Å². The molecule has 0 spiro atoms. The molecule has 10 heteroatoms. The van der Waals surface area contributed by atoms with Gasteiger partial charge >= 0.3 is 18.3 Å². The van der Waals surface area contributed by atoms with Crippen molar-refractivity contribution in [2.75, 3.05) is 13.2 Å². The quantitative estimate of drug-likeness (QED) is 0.0531. The van der Waals surface area contributed by atoms with Crippen LogP contribution < -0.4 is 4.74 Å². The summed E-state index contributed by atoms with van der Waals surface area (Å²) >= 11 is 0. The SMILES string of the molecule is C#CCC(CC#C)COC(=O)O[C@H](/C=C/[C@@H]1[C@@H](C/C=C\CCCC(=O)OC(C)C)CC[C@H]1C=O)COc1cccc(C(F)(F)F)c1. The van der Waals surface area contributed by atoms with E-state index in [9.17, 15) is 27.6 Å². The van der Waals surface area contributed by atoms with Crippen molar-refractivity contribution in [3.8, 4) is 30.4 Å². The fourth-order valence-corrected chi connectivity index (χ4v) is 5.14. The van der Waals surface area contributed by atoms with Crippen molar-refractivity contribution >= 4 is 18.4 Å². The Morgan fingerprint density at radius 3 is 2.46 bits per heavy atom. The van der Waals surface area contributed by atoms with Gasteiger partial charge in [-0.2, -0.15) is 13.2 Å². The molecule has 0 radical (unpaired) electrons. The first-order valence-corrected chi connectivity index (χ1v) is 15.4. The number of hydrogen-bond acceptors (Lipinski definition) is 7. The molecule has 0 amide bonds. The van der Waals surface area contributed by atoms with Crippen LogP contribution in [0.1, 0.15) is 70.8 Å². The van der Waals surface area contributed by atoms with E-state index in [1.807, 2.05) is 12.2 Å². The Balaban J connectivity index is 2.10. The molecule has 0 unspecified atom stereocenters. The number of aldehydes is 1. The number of carbonyl (C=O) groups is 3. The number of ether oxygens (including phenoxy) is 4. The van der Waals surface area contributed by atoms with Crippen molar-refractivity contribution in [2.45, 2.75) is 83.6 Å². The van der Waals surface area contributed by atoms with Gasteiger partial charge in [0.2, 0.25) is 0 Å². The average molecular weight is 645 g/mol. The van der Waals surface area contributed by atoms with Gasteiger partial charge in [0.15, 0.2) is 6.10 Å². The van der Waals surface area contributed by atoms with Crippen LogP contribution in [0.25, 0.3) is 0 Å². The van der Waals surface area contributed by atoms with E-state index in [-0.39, 0.29) is 54.7 Å². The summed E-state index contributed by atoms with van der Waals surface area (Å²) in [6.45, 7) is 3.24. The van der Waals surface area contributed by atoms with Gasteiger partial charge in [-0.15, -0.1) is 24.7 Å². The number of alkyl halides is 3. The van der Waals surface area contributed by atoms with Crippen molar-refractivity contribution in [3.63, 3.8) is 0 Å². The largest absolute Gasteiger partial charge is 0.508 e. The molecule has 46 heavy (non-hydrogen) atoms. The highest BCUT2D eigenvalue weighted by molar-refractivity contribution is 5.69. The van der Waals surface area contributed by atoms with Crippen LogP contribution in [0.5, 0.6) is 5.75 Å². The zero-order chi connectivity index (χ0) is 34.0. The summed E-state index contributed by atoms with van der Waals surface area (Å²) in [6, 6.07) is 4.37. The van der Waals surface area contributed by atoms with Crippen molar-refractivity contribution in [2.24, 2.45) is 23.7 Å². The lowest BCUT2D eigenvalue weighted by atomic mass is 9.87. The van der Waals surface area contributed by atoms with E-state index < -0.39 is 24.0 Å². The van der Waals surface area contributed by atoms with Crippen LogP contribution in [0.4, 0.5) is 18.0 Å². The molecule has 1 aromatic rings. The summed E-state index contributed by atoms with van der Waals surface area (Å²) in [5.41, 5.74) is -0.878. The fraction of sp³-hybridized carbons (Fsp3) is 0.528. The zero-order valence-corrected chi connectivity index (χ0v) is 26.4. The molecule has 4 atom stereocenters. The summed E-state index contributed by atoms with van der Waals surface area (Å²) in [5.74, 6) is 4.16. The maximum atomic E-state index is 13.2. The number of allylic oxidation sites excluding steroid dienone is 3. The topological polar surface area (TPSA) is 88.1 Å². The van der Waals surface area contributed by atoms with Crippen LogP contribution in [0.2, 0.25) is 0 Å². The van der Waals surface area contributed by atoms with E-state index in [2.05, 4.69) is 11.8 Å². The van der Waals surface area contributed by atoms with Crippen LogP contribution >= 0.6 is 0 Å². The first-order chi connectivity index (χ1) is 22.0. The van der Waals surface area contributed by atoms with Gasteiger partial charge < -0.3 is 23.7 Å². The third-order valence-electron chi connectivity index (χ3n) is 7.43. The molecule has 1 aliphatic carbocycles. The maximum absolute atomic E-state index is 13.2. The molecule has 250 valence electrons. The number of rotatable bonds is 18. The van der Waals surface area contributed by atoms with Crippen molar-refractivity contribution in [3.05, 3.63) is 54.1 Å². The van der Waals surface area contributed by atoms with Crippen LogP contribution in [0, 0.1) is 48.4 Å². The molecule has 0 aromatic heterocycles. The highest BCUT2D eigenvalue weighted by Gasteiger charge is 2.34. The molecule has 0 heterocycles. The first kappa shape index (κ1) is 38.0. The molecule has 7 nitrogen and oxygen atoms in total. The van der Waals surface area contributed by atoms with E-state index in [4.69, 9.17) is 31.8 Å². The highest BCUT2D eigenvalue weighted by atomic mass is 19.4. The number of esters is 1. The lowest BCUT2D eigenvalue weighted by Crippen LogP contribution is -2.26. The smallest absolute Gasteiger partial charge is 0.489 e. The Labute approximate surface area is 269 Å². The highest BCUT2D eigenvalue weighted by Crippen LogP contribution is 2.39. The second-order valence-electron chi connectivity index (χ2n) is 11.5. The van der Waals surface area contributed by atoms with Gasteiger partial charge in [-0.1, -0.05) is 24.3 Å². The maximum Gasteiger partial charge on any atom is 0.508 e. The monoisotopic (exact) mass is 644 g/mol. The van der Waals surface area contributed by atoms with Gasteiger partial charge in [0.25, 0.3) is 0 Å². The molecule has 0 bridgehead atoms. The Morgan fingerprint density at radius 1 is 1.07 bits per heavy atom. The summed E-state index contributed by atoms with van der Waals surface area (Å²) in [6.07, 6.45) is 16.8. The Kier molecular flexibility index (Phi) is 16.6. The molecule has 0 saturated heterocycles. The molecular weight excluding hydrogens is 601 g/mol. The lowest BCUT2D eigenvalue weighted by molar-refractivity contribution is -0.147. The third kappa shape index (κ3) is 14.3. The summed E-state index contributed by atoms with van der Waals surface area (Å²) < 4.78 is 61.0. The van der Waals surface area contributed by atoms with Gasteiger partial charge in [0, 0.05) is 31.1 Å². The average Bonchev–Trinajstić information content (AvgIpc) is 3.40. The van der Waals surface area contributed by atoms with E-state index in [1.54, 1.807) is 26.0 Å². The minimum atomic E-state index is -4.55. The second kappa shape index (κ2) is 20.0. The standard InChI is InChI=1S/C36H43F3O7/c1-5-12-27(13-6-2)24-44-35(42)46-32(25-43-31-16-11-15-30(22-31)36(37,38)39)20-21-33-28(18-19-29(33)23-40)14-9-7-8-10-17-34(41)45-26(3)4/h1-2,7,9,11,15-16,20-23,26-29,32-33H,8,10,12-14,17-19,24-25H2,3-4H3/b9-7-,21-20+/t28-,29-,32+,33+/m0/s1. The minimum absolute atomic E-state index is 0.0552. The molecule has 0 aliphatic heterocycles. The van der Waals surface area contributed by atoms with E-state index in [0.717, 1.165) is 24.8 Å². The van der Waals surface area contributed by atoms with Crippen LogP contribution in [0.3, 0.4) is 0 Å². The van der Waals surface area contributed by atoms with Crippen molar-refractivity contribution in [1.29, 1.82) is 0 Å². The van der Waals surface area contributed by atoms with Crippen molar-refractivity contribution < 1.29 is 46.5 Å². The lowest BCUT2D eigenvalue weighted by Gasteiger charge is -2.20. The predicted molar refractivity (Wildman–Crippen MR) is 167 cm³/mol. The summed E-state index contributed by atoms with van der Waals surface area (Å²) in [5, 5.41) is 0. The van der Waals surface area contributed by atoms with Gasteiger partial charge in [-0.05, 0) is 82.1 Å². The van der Waals surface area contributed by atoms with Gasteiger partial charge in [-0.25, -0.2) is 4.79 Å². The summed E-state index contributed by atoms with van der Waals surface area (Å²) in [7, 11) is 0. The Bertz CT molecular complexity index is 1240. The molecule has 1 saturated carbocycles. The number of halogens is 3. The van der Waals surface area contributed by atoms with Crippen LogP contribution in [0.15, 0.2) is 48.6 Å². The number of terminal acetylenes is 2. The Hall–Kier alpha value is -4.18. The molecule has 1 fully saturated rings.